The SMILES string of the molecule is CC1(C)C(=O)Nc2cc(-c3cnn(C4CC4)c3)ccc21. The normalized spacial score (nSPS) is 19.8. The Balaban J connectivity index is 1.74. The highest BCUT2D eigenvalue weighted by molar-refractivity contribution is 6.06. The quantitative estimate of drug-likeness (QED) is 0.908. The van der Waals surface area contributed by atoms with Gasteiger partial charge in [-0.15, -0.1) is 0 Å². The van der Waals surface area contributed by atoms with Crippen LogP contribution in [0.2, 0.25) is 0 Å². The molecule has 0 spiro atoms. The molecule has 1 amide bonds. The number of anilines is 1. The topological polar surface area (TPSA) is 46.9 Å². The molecule has 0 bridgehead atoms. The van der Waals surface area contributed by atoms with Gasteiger partial charge in [-0.05, 0) is 43.9 Å². The van der Waals surface area contributed by atoms with Gasteiger partial charge >= 0.3 is 0 Å². The number of fused-ring (bicyclic) bond motifs is 1. The van der Waals surface area contributed by atoms with Gasteiger partial charge in [0, 0.05) is 17.4 Å². The molecule has 0 radical (unpaired) electrons. The number of benzene rings is 1. The molecule has 0 saturated heterocycles. The Kier molecular flexibility index (Phi) is 2.18. The fraction of sp³-hybridized carbons (Fsp3) is 0.375. The van der Waals surface area contributed by atoms with Crippen molar-refractivity contribution in [3.8, 4) is 11.1 Å². The van der Waals surface area contributed by atoms with Gasteiger partial charge in [0.15, 0.2) is 0 Å². The number of carbonyl (C=O) groups is 1. The Bertz CT molecular complexity index is 710. The predicted molar refractivity (Wildman–Crippen MR) is 77.6 cm³/mol. The van der Waals surface area contributed by atoms with Crippen LogP contribution >= 0.6 is 0 Å². The van der Waals surface area contributed by atoms with Crippen molar-refractivity contribution in [2.75, 3.05) is 5.32 Å². The fourth-order valence-electron chi connectivity index (χ4n) is 2.80. The summed E-state index contributed by atoms with van der Waals surface area (Å²) in [6, 6.07) is 6.78. The molecule has 1 aliphatic carbocycles. The lowest BCUT2D eigenvalue weighted by molar-refractivity contribution is -0.119. The molecule has 0 atom stereocenters. The average Bonchev–Trinajstić information content (AvgIpc) is 3.10. The standard InChI is InChI=1S/C16H17N3O/c1-16(2)13-6-3-10(7-14(13)18-15(16)20)11-8-17-19(9-11)12-4-5-12/h3,6-9,12H,4-5H2,1-2H3,(H,18,20). The summed E-state index contributed by atoms with van der Waals surface area (Å²) >= 11 is 0. The molecule has 2 aromatic rings. The molecule has 1 saturated carbocycles. The Hall–Kier alpha value is -2.10. The second-order valence-corrected chi connectivity index (χ2v) is 6.28. The molecule has 1 N–H and O–H groups in total. The molecule has 102 valence electrons. The zero-order chi connectivity index (χ0) is 13.9. The number of aromatic nitrogens is 2. The Morgan fingerprint density at radius 1 is 1.30 bits per heavy atom. The van der Waals surface area contributed by atoms with Crippen LogP contribution in [0.25, 0.3) is 11.1 Å². The van der Waals surface area contributed by atoms with Crippen molar-refractivity contribution in [3.05, 3.63) is 36.2 Å². The third-order valence-electron chi connectivity index (χ3n) is 4.36. The predicted octanol–water partition coefficient (Wildman–Crippen LogP) is 3.11. The maximum atomic E-state index is 12.0. The van der Waals surface area contributed by atoms with Crippen molar-refractivity contribution in [2.45, 2.75) is 38.1 Å². The van der Waals surface area contributed by atoms with Crippen molar-refractivity contribution >= 4 is 11.6 Å². The van der Waals surface area contributed by atoms with E-state index in [2.05, 4.69) is 34.8 Å². The van der Waals surface area contributed by atoms with Gasteiger partial charge in [-0.2, -0.15) is 5.10 Å². The maximum absolute atomic E-state index is 12.0. The summed E-state index contributed by atoms with van der Waals surface area (Å²) in [6.07, 6.45) is 6.47. The number of hydrogen-bond acceptors (Lipinski definition) is 2. The summed E-state index contributed by atoms with van der Waals surface area (Å²) < 4.78 is 2.05. The van der Waals surface area contributed by atoms with Gasteiger partial charge in [-0.25, -0.2) is 0 Å². The molecular formula is C16H17N3O. The summed E-state index contributed by atoms with van der Waals surface area (Å²) in [5.74, 6) is 0.0679. The molecule has 1 aromatic carbocycles. The van der Waals surface area contributed by atoms with Crippen LogP contribution in [0.15, 0.2) is 30.6 Å². The van der Waals surface area contributed by atoms with Crippen LogP contribution in [0.4, 0.5) is 5.69 Å². The fourth-order valence-corrected chi connectivity index (χ4v) is 2.80. The average molecular weight is 267 g/mol. The summed E-state index contributed by atoms with van der Waals surface area (Å²) in [5.41, 5.74) is 3.77. The first-order valence-corrected chi connectivity index (χ1v) is 7.06. The van der Waals surface area contributed by atoms with Crippen LogP contribution < -0.4 is 5.32 Å². The molecule has 1 aromatic heterocycles. The molecule has 0 unspecified atom stereocenters. The number of nitrogens with one attached hydrogen (secondary N) is 1. The lowest BCUT2D eigenvalue weighted by atomic mass is 9.85. The highest BCUT2D eigenvalue weighted by Gasteiger charge is 2.38. The third kappa shape index (κ3) is 1.60. The third-order valence-corrected chi connectivity index (χ3v) is 4.36. The molecule has 2 aliphatic rings. The van der Waals surface area contributed by atoms with Crippen LogP contribution in [0.1, 0.15) is 38.3 Å². The van der Waals surface area contributed by atoms with Gasteiger partial charge in [0.2, 0.25) is 5.91 Å². The van der Waals surface area contributed by atoms with Crippen LogP contribution in [-0.2, 0) is 10.2 Å². The van der Waals surface area contributed by atoms with E-state index in [1.54, 1.807) is 0 Å². The highest BCUT2D eigenvalue weighted by Crippen LogP contribution is 2.40. The van der Waals surface area contributed by atoms with Gasteiger partial charge in [-0.1, -0.05) is 12.1 Å². The van der Waals surface area contributed by atoms with Crippen molar-refractivity contribution in [1.82, 2.24) is 9.78 Å². The molecule has 20 heavy (non-hydrogen) atoms. The smallest absolute Gasteiger partial charge is 0.234 e. The van der Waals surface area contributed by atoms with Crippen LogP contribution in [-0.4, -0.2) is 15.7 Å². The van der Waals surface area contributed by atoms with E-state index in [1.807, 2.05) is 24.7 Å². The number of hydrogen-bond donors (Lipinski definition) is 1. The summed E-state index contributed by atoms with van der Waals surface area (Å²) in [5, 5.41) is 7.39. The van der Waals surface area contributed by atoms with Crippen molar-refractivity contribution < 1.29 is 4.79 Å². The lowest BCUT2D eigenvalue weighted by Gasteiger charge is -2.14. The monoisotopic (exact) mass is 267 g/mol. The van der Waals surface area contributed by atoms with Gasteiger partial charge in [0.05, 0.1) is 17.7 Å². The van der Waals surface area contributed by atoms with Crippen LogP contribution in [0.3, 0.4) is 0 Å². The number of nitrogens with zero attached hydrogens (tertiary/aromatic N) is 2. The molecule has 1 fully saturated rings. The lowest BCUT2D eigenvalue weighted by Crippen LogP contribution is -2.26. The van der Waals surface area contributed by atoms with Crippen molar-refractivity contribution in [1.29, 1.82) is 0 Å². The van der Waals surface area contributed by atoms with E-state index >= 15 is 0 Å². The molecule has 1 aliphatic heterocycles. The van der Waals surface area contributed by atoms with Gasteiger partial charge in [0.1, 0.15) is 0 Å². The Morgan fingerprint density at radius 2 is 2.10 bits per heavy atom. The van der Waals surface area contributed by atoms with E-state index in [1.165, 1.54) is 12.8 Å². The van der Waals surface area contributed by atoms with E-state index in [9.17, 15) is 4.79 Å². The first-order valence-electron chi connectivity index (χ1n) is 7.06. The van der Waals surface area contributed by atoms with Crippen molar-refractivity contribution in [3.63, 3.8) is 0 Å². The van der Waals surface area contributed by atoms with Gasteiger partial charge in [-0.3, -0.25) is 9.48 Å². The van der Waals surface area contributed by atoms with Crippen LogP contribution in [0, 0.1) is 0 Å². The van der Waals surface area contributed by atoms with Gasteiger partial charge in [0.25, 0.3) is 0 Å². The number of carbonyl (C=O) groups excluding carboxylic acids is 1. The van der Waals surface area contributed by atoms with Crippen molar-refractivity contribution in [2.24, 2.45) is 0 Å². The first kappa shape index (κ1) is 11.7. The maximum Gasteiger partial charge on any atom is 0.234 e. The minimum absolute atomic E-state index is 0.0679. The number of amides is 1. The molecule has 2 heterocycles. The van der Waals surface area contributed by atoms with Crippen LogP contribution in [0.5, 0.6) is 0 Å². The van der Waals surface area contributed by atoms with E-state index in [0.29, 0.717) is 6.04 Å². The number of rotatable bonds is 2. The van der Waals surface area contributed by atoms with E-state index in [0.717, 1.165) is 22.4 Å². The highest BCUT2D eigenvalue weighted by atomic mass is 16.2. The summed E-state index contributed by atoms with van der Waals surface area (Å²) in [4.78, 5) is 12.0. The summed E-state index contributed by atoms with van der Waals surface area (Å²) in [7, 11) is 0. The van der Waals surface area contributed by atoms with Gasteiger partial charge < -0.3 is 5.32 Å². The zero-order valence-electron chi connectivity index (χ0n) is 11.7. The molecule has 4 rings (SSSR count). The largest absolute Gasteiger partial charge is 0.325 e. The second kappa shape index (κ2) is 3.72. The summed E-state index contributed by atoms with van der Waals surface area (Å²) in [6.45, 7) is 3.91. The van der Waals surface area contributed by atoms with E-state index in [4.69, 9.17) is 0 Å². The van der Waals surface area contributed by atoms with E-state index in [-0.39, 0.29) is 5.91 Å². The first-order chi connectivity index (χ1) is 9.55. The molecule has 4 nitrogen and oxygen atoms in total. The molecular weight excluding hydrogens is 250 g/mol. The minimum atomic E-state index is -0.438. The zero-order valence-corrected chi connectivity index (χ0v) is 11.7. The Morgan fingerprint density at radius 3 is 2.85 bits per heavy atom. The molecule has 4 heteroatoms. The van der Waals surface area contributed by atoms with E-state index < -0.39 is 5.41 Å². The Labute approximate surface area is 117 Å². The minimum Gasteiger partial charge on any atom is -0.325 e. The second-order valence-electron chi connectivity index (χ2n) is 6.28.